The molecule has 9 nitrogen and oxygen atoms in total. The highest BCUT2D eigenvalue weighted by Crippen LogP contribution is 2.43. The molecule has 1 aliphatic carbocycles. The van der Waals surface area contributed by atoms with Crippen molar-refractivity contribution in [2.45, 2.75) is 50.7 Å². The van der Waals surface area contributed by atoms with Crippen LogP contribution >= 0.6 is 0 Å². The second-order valence-electron chi connectivity index (χ2n) is 8.18. The Morgan fingerprint density at radius 3 is 2.86 bits per heavy atom. The van der Waals surface area contributed by atoms with Gasteiger partial charge in [0.25, 0.3) is 0 Å². The zero-order valence-corrected chi connectivity index (χ0v) is 16.6. The molecule has 1 aliphatic heterocycles. The molecule has 1 saturated carbocycles. The summed E-state index contributed by atoms with van der Waals surface area (Å²) in [6.45, 7) is 4.19. The predicted octanol–water partition coefficient (Wildman–Crippen LogP) is 2.10. The Hall–Kier alpha value is -2.65. The number of aromatic amines is 1. The van der Waals surface area contributed by atoms with E-state index in [1.807, 2.05) is 12.1 Å². The number of morpholine rings is 1. The molecule has 9 heteroatoms. The van der Waals surface area contributed by atoms with Crippen molar-refractivity contribution in [3.05, 3.63) is 23.9 Å². The van der Waals surface area contributed by atoms with E-state index in [1.54, 1.807) is 10.9 Å². The summed E-state index contributed by atoms with van der Waals surface area (Å²) in [5.41, 5.74) is 6.91. The van der Waals surface area contributed by atoms with Gasteiger partial charge in [0, 0.05) is 18.2 Å². The second kappa shape index (κ2) is 7.00. The first kappa shape index (κ1) is 18.4. The van der Waals surface area contributed by atoms with Crippen LogP contribution in [0.5, 0.6) is 0 Å². The van der Waals surface area contributed by atoms with Crippen LogP contribution in [-0.4, -0.2) is 55.9 Å². The number of nitrogens with zero attached hydrogens (tertiary/aromatic N) is 5. The molecule has 2 aliphatic rings. The summed E-state index contributed by atoms with van der Waals surface area (Å²) in [6.07, 6.45) is 6.25. The third-order valence-corrected chi connectivity index (χ3v) is 6.21. The molecule has 0 amide bonds. The number of rotatable bonds is 3. The van der Waals surface area contributed by atoms with E-state index in [1.165, 1.54) is 0 Å². The summed E-state index contributed by atoms with van der Waals surface area (Å²) in [4.78, 5) is 7.18. The summed E-state index contributed by atoms with van der Waals surface area (Å²) in [5, 5.41) is 23.8. The molecule has 0 unspecified atom stereocenters. The predicted molar refractivity (Wildman–Crippen MR) is 110 cm³/mol. The van der Waals surface area contributed by atoms with E-state index >= 15 is 0 Å². The Kier molecular flexibility index (Phi) is 4.44. The SMILES string of the molecule is C[C@@H]1COCCN1c1cc(C2(O)CCCCC2)c2c(N)nn(-c3ccn[nH]3)c2n1. The molecule has 0 spiro atoms. The lowest BCUT2D eigenvalue weighted by atomic mass is 9.79. The quantitative estimate of drug-likeness (QED) is 0.619. The lowest BCUT2D eigenvalue weighted by Crippen LogP contribution is -2.44. The van der Waals surface area contributed by atoms with Crippen molar-refractivity contribution < 1.29 is 9.84 Å². The Bertz CT molecular complexity index is 1010. The van der Waals surface area contributed by atoms with Gasteiger partial charge in [-0.15, -0.1) is 5.10 Å². The van der Waals surface area contributed by atoms with Crippen LogP contribution in [-0.2, 0) is 10.3 Å². The first-order valence-electron chi connectivity index (χ1n) is 10.3. The maximum atomic E-state index is 11.6. The van der Waals surface area contributed by atoms with E-state index in [0.29, 0.717) is 30.5 Å². The van der Waals surface area contributed by atoms with Crippen LogP contribution < -0.4 is 10.6 Å². The number of anilines is 2. The largest absolute Gasteiger partial charge is 0.385 e. The maximum Gasteiger partial charge on any atom is 0.169 e. The van der Waals surface area contributed by atoms with Gasteiger partial charge in [0.15, 0.2) is 17.3 Å². The van der Waals surface area contributed by atoms with E-state index in [-0.39, 0.29) is 6.04 Å². The minimum Gasteiger partial charge on any atom is -0.385 e. The zero-order chi connectivity index (χ0) is 20.0. The molecule has 4 N–H and O–H groups in total. The first-order chi connectivity index (χ1) is 14.1. The number of ether oxygens (including phenoxy) is 1. The van der Waals surface area contributed by atoms with Crippen molar-refractivity contribution in [1.82, 2.24) is 25.0 Å². The van der Waals surface area contributed by atoms with Gasteiger partial charge in [-0.3, -0.25) is 5.10 Å². The Balaban J connectivity index is 1.75. The van der Waals surface area contributed by atoms with Gasteiger partial charge in [0.1, 0.15) is 5.82 Å². The van der Waals surface area contributed by atoms with Crippen LogP contribution in [0.3, 0.4) is 0 Å². The zero-order valence-electron chi connectivity index (χ0n) is 16.6. The number of fused-ring (bicyclic) bond motifs is 1. The van der Waals surface area contributed by atoms with Gasteiger partial charge in [-0.05, 0) is 25.8 Å². The molecule has 0 radical (unpaired) electrons. The van der Waals surface area contributed by atoms with Crippen molar-refractivity contribution in [1.29, 1.82) is 0 Å². The highest BCUT2D eigenvalue weighted by atomic mass is 16.5. The van der Waals surface area contributed by atoms with Gasteiger partial charge in [-0.25, -0.2) is 4.98 Å². The molecular formula is C20H27N7O2. The van der Waals surface area contributed by atoms with Crippen molar-refractivity contribution >= 4 is 22.7 Å². The lowest BCUT2D eigenvalue weighted by Gasteiger charge is -2.37. The van der Waals surface area contributed by atoms with Gasteiger partial charge in [0.05, 0.1) is 36.4 Å². The maximum absolute atomic E-state index is 11.6. The van der Waals surface area contributed by atoms with Crippen LogP contribution in [0.2, 0.25) is 0 Å². The number of H-pyrrole nitrogens is 1. The number of nitrogen functional groups attached to an aromatic ring is 1. The van der Waals surface area contributed by atoms with Gasteiger partial charge in [-0.2, -0.15) is 9.78 Å². The highest BCUT2D eigenvalue weighted by molar-refractivity contribution is 5.92. The van der Waals surface area contributed by atoms with E-state index in [9.17, 15) is 5.11 Å². The first-order valence-corrected chi connectivity index (χ1v) is 10.3. The number of aliphatic hydroxyl groups is 1. The van der Waals surface area contributed by atoms with Gasteiger partial charge in [-0.1, -0.05) is 19.3 Å². The van der Waals surface area contributed by atoms with Crippen LogP contribution in [0.15, 0.2) is 18.3 Å². The minimum atomic E-state index is -0.917. The number of pyridine rings is 1. The molecule has 2 fully saturated rings. The fourth-order valence-electron chi connectivity index (χ4n) is 4.65. The molecule has 3 aromatic heterocycles. The van der Waals surface area contributed by atoms with Crippen molar-refractivity contribution in [2.24, 2.45) is 0 Å². The molecule has 0 aromatic carbocycles. The van der Waals surface area contributed by atoms with E-state index in [2.05, 4.69) is 27.1 Å². The van der Waals surface area contributed by atoms with Crippen molar-refractivity contribution in [3.63, 3.8) is 0 Å². The molecule has 154 valence electrons. The van der Waals surface area contributed by atoms with Crippen LogP contribution in [0.25, 0.3) is 16.9 Å². The fraction of sp³-hybridized carbons (Fsp3) is 0.550. The third-order valence-electron chi connectivity index (χ3n) is 6.21. The van der Waals surface area contributed by atoms with Crippen molar-refractivity contribution in [2.75, 3.05) is 30.4 Å². The Labute approximate surface area is 168 Å². The second-order valence-corrected chi connectivity index (χ2v) is 8.18. The topological polar surface area (TPSA) is 118 Å². The lowest BCUT2D eigenvalue weighted by molar-refractivity contribution is 0.000737. The Morgan fingerprint density at radius 2 is 2.14 bits per heavy atom. The Morgan fingerprint density at radius 1 is 1.31 bits per heavy atom. The summed E-state index contributed by atoms with van der Waals surface area (Å²) in [7, 11) is 0. The van der Waals surface area contributed by atoms with Gasteiger partial charge < -0.3 is 20.5 Å². The number of nitrogens with two attached hydrogens (primary N) is 1. The average Bonchev–Trinajstić information content (AvgIpc) is 3.36. The minimum absolute atomic E-state index is 0.198. The summed E-state index contributed by atoms with van der Waals surface area (Å²) in [6, 6.07) is 4.04. The molecule has 3 aromatic rings. The molecule has 5 rings (SSSR count). The number of hydrogen-bond acceptors (Lipinski definition) is 7. The normalized spacial score (nSPS) is 22.3. The standard InChI is InChI=1S/C20H27N7O2/c1-13-12-29-10-9-26(13)16-11-14(20(28)6-3-2-4-7-20)17-18(21)25-27(19(17)23-16)15-5-8-22-24-15/h5,8,11,13,28H,2-4,6-7,9-10,12H2,1H3,(H2,21,25)(H,22,24)/t13-/m1/s1. The van der Waals surface area contributed by atoms with Gasteiger partial charge in [0.2, 0.25) is 0 Å². The smallest absolute Gasteiger partial charge is 0.169 e. The van der Waals surface area contributed by atoms with Crippen LogP contribution in [0, 0.1) is 0 Å². The van der Waals surface area contributed by atoms with Gasteiger partial charge >= 0.3 is 0 Å². The molecular weight excluding hydrogens is 370 g/mol. The number of nitrogens with one attached hydrogen (secondary N) is 1. The van der Waals surface area contributed by atoms with E-state index < -0.39 is 5.60 Å². The molecule has 29 heavy (non-hydrogen) atoms. The fourth-order valence-corrected chi connectivity index (χ4v) is 4.65. The highest BCUT2D eigenvalue weighted by Gasteiger charge is 2.36. The van der Waals surface area contributed by atoms with Crippen LogP contribution in [0.1, 0.15) is 44.6 Å². The monoisotopic (exact) mass is 397 g/mol. The molecule has 1 saturated heterocycles. The third kappa shape index (κ3) is 3.05. The average molecular weight is 397 g/mol. The summed E-state index contributed by atoms with van der Waals surface area (Å²) in [5.74, 6) is 1.88. The summed E-state index contributed by atoms with van der Waals surface area (Å²) < 4.78 is 7.29. The van der Waals surface area contributed by atoms with Crippen molar-refractivity contribution in [3.8, 4) is 5.82 Å². The number of hydrogen-bond donors (Lipinski definition) is 3. The van der Waals surface area contributed by atoms with E-state index in [4.69, 9.17) is 15.5 Å². The van der Waals surface area contributed by atoms with E-state index in [0.717, 1.165) is 55.4 Å². The molecule has 0 bridgehead atoms. The molecule has 1 atom stereocenters. The molecule has 4 heterocycles. The van der Waals surface area contributed by atoms with Crippen LogP contribution in [0.4, 0.5) is 11.6 Å². The number of aromatic nitrogens is 5. The summed E-state index contributed by atoms with van der Waals surface area (Å²) >= 11 is 0.